The summed E-state index contributed by atoms with van der Waals surface area (Å²) in [7, 11) is 0. The van der Waals surface area contributed by atoms with Gasteiger partial charge in [0.05, 0.1) is 24.2 Å². The van der Waals surface area contributed by atoms with Gasteiger partial charge in [0.2, 0.25) is 0 Å². The molecule has 96 valence electrons. The monoisotopic (exact) mass is 244 g/mol. The maximum atomic E-state index is 9.33. The second kappa shape index (κ2) is 5.51. The van der Waals surface area contributed by atoms with Crippen molar-refractivity contribution in [3.63, 3.8) is 0 Å². The van der Waals surface area contributed by atoms with Gasteiger partial charge in [-0.1, -0.05) is 30.3 Å². The minimum Gasteiger partial charge on any atom is -0.373 e. The Hall–Kier alpha value is -1.37. The summed E-state index contributed by atoms with van der Waals surface area (Å²) >= 11 is 0. The van der Waals surface area contributed by atoms with E-state index >= 15 is 0 Å². The Bertz CT molecular complexity index is 422. The van der Waals surface area contributed by atoms with E-state index in [0.717, 1.165) is 31.8 Å². The van der Waals surface area contributed by atoms with Gasteiger partial charge in [-0.25, -0.2) is 0 Å². The molecule has 1 aliphatic heterocycles. The zero-order valence-corrected chi connectivity index (χ0v) is 11.1. The van der Waals surface area contributed by atoms with E-state index in [0.29, 0.717) is 0 Å². The Morgan fingerprint density at radius 1 is 1.39 bits per heavy atom. The van der Waals surface area contributed by atoms with E-state index in [-0.39, 0.29) is 11.5 Å². The highest BCUT2D eigenvalue weighted by molar-refractivity contribution is 5.25. The molecule has 1 atom stereocenters. The van der Waals surface area contributed by atoms with Crippen LogP contribution in [0, 0.1) is 11.3 Å². The molecule has 3 nitrogen and oxygen atoms in total. The molecule has 18 heavy (non-hydrogen) atoms. The number of rotatable bonds is 3. The van der Waals surface area contributed by atoms with Gasteiger partial charge in [0.15, 0.2) is 0 Å². The Labute approximate surface area is 109 Å². The molecule has 2 rings (SSSR count). The van der Waals surface area contributed by atoms with Crippen LogP contribution in [0.3, 0.4) is 0 Å². The largest absolute Gasteiger partial charge is 0.373 e. The fourth-order valence-corrected chi connectivity index (χ4v) is 2.43. The van der Waals surface area contributed by atoms with Gasteiger partial charge in [-0.2, -0.15) is 5.26 Å². The first-order chi connectivity index (χ1) is 8.61. The number of ether oxygens (including phenoxy) is 1. The van der Waals surface area contributed by atoms with Crippen molar-refractivity contribution in [2.24, 2.45) is 0 Å². The molecule has 3 heteroatoms. The van der Waals surface area contributed by atoms with Crippen LogP contribution in [0.5, 0.6) is 0 Å². The van der Waals surface area contributed by atoms with Crippen molar-refractivity contribution >= 4 is 0 Å². The molecular weight excluding hydrogens is 224 g/mol. The first kappa shape index (κ1) is 13.1. The maximum Gasteiger partial charge on any atom is 0.0839 e. The molecule has 0 saturated carbocycles. The highest BCUT2D eigenvalue weighted by atomic mass is 16.5. The Kier molecular flexibility index (Phi) is 4.00. The quantitative estimate of drug-likeness (QED) is 0.819. The van der Waals surface area contributed by atoms with Gasteiger partial charge in [-0.05, 0) is 19.4 Å². The van der Waals surface area contributed by atoms with E-state index in [2.05, 4.69) is 24.8 Å². The summed E-state index contributed by atoms with van der Waals surface area (Å²) in [4.78, 5) is 2.32. The molecule has 1 aliphatic rings. The predicted molar refractivity (Wildman–Crippen MR) is 71.3 cm³/mol. The van der Waals surface area contributed by atoms with Crippen LogP contribution in [0.25, 0.3) is 0 Å². The summed E-state index contributed by atoms with van der Waals surface area (Å²) in [6.45, 7) is 7.53. The topological polar surface area (TPSA) is 36.3 Å². The lowest BCUT2D eigenvalue weighted by Gasteiger charge is -2.38. The lowest BCUT2D eigenvalue weighted by Crippen LogP contribution is -2.49. The van der Waals surface area contributed by atoms with E-state index in [1.807, 2.05) is 30.3 Å². The molecule has 1 heterocycles. The SMILES string of the molecule is CC1(C)CN(CC(C#N)c2ccccc2)CCO1. The van der Waals surface area contributed by atoms with E-state index in [1.165, 1.54) is 0 Å². The minimum atomic E-state index is -0.102. The minimum absolute atomic E-state index is 0.0555. The van der Waals surface area contributed by atoms with Gasteiger partial charge in [-0.3, -0.25) is 4.90 Å². The van der Waals surface area contributed by atoms with Crippen LogP contribution in [0.1, 0.15) is 25.3 Å². The van der Waals surface area contributed by atoms with Gasteiger partial charge in [0.1, 0.15) is 0 Å². The molecule has 0 aromatic heterocycles. The smallest absolute Gasteiger partial charge is 0.0839 e. The van der Waals surface area contributed by atoms with Crippen LogP contribution >= 0.6 is 0 Å². The summed E-state index contributed by atoms with van der Waals surface area (Å²) in [6, 6.07) is 12.4. The highest BCUT2D eigenvalue weighted by Gasteiger charge is 2.28. The van der Waals surface area contributed by atoms with Gasteiger partial charge in [-0.15, -0.1) is 0 Å². The van der Waals surface area contributed by atoms with Crippen LogP contribution in [0.4, 0.5) is 0 Å². The summed E-state index contributed by atoms with van der Waals surface area (Å²) in [5.41, 5.74) is 0.999. The summed E-state index contributed by atoms with van der Waals surface area (Å²) < 4.78 is 5.69. The van der Waals surface area contributed by atoms with E-state index in [9.17, 15) is 5.26 Å². The van der Waals surface area contributed by atoms with Crippen molar-refractivity contribution in [3.05, 3.63) is 35.9 Å². The third-order valence-corrected chi connectivity index (χ3v) is 3.30. The maximum absolute atomic E-state index is 9.33. The van der Waals surface area contributed by atoms with Gasteiger partial charge in [0.25, 0.3) is 0 Å². The van der Waals surface area contributed by atoms with Gasteiger partial charge < -0.3 is 4.74 Å². The molecule has 1 aromatic carbocycles. The molecule has 0 bridgehead atoms. The van der Waals surface area contributed by atoms with Crippen molar-refractivity contribution in [2.75, 3.05) is 26.2 Å². The molecular formula is C15H20N2O. The molecule has 0 radical (unpaired) electrons. The lowest BCUT2D eigenvalue weighted by molar-refractivity contribution is -0.0862. The van der Waals surface area contributed by atoms with E-state index < -0.39 is 0 Å². The molecule has 0 amide bonds. The fourth-order valence-electron chi connectivity index (χ4n) is 2.43. The number of hydrogen-bond acceptors (Lipinski definition) is 3. The molecule has 1 fully saturated rings. The lowest BCUT2D eigenvalue weighted by atomic mass is 9.98. The molecule has 1 saturated heterocycles. The third kappa shape index (κ3) is 3.32. The normalized spacial score (nSPS) is 21.2. The van der Waals surface area contributed by atoms with Crippen LogP contribution in [0.15, 0.2) is 30.3 Å². The average Bonchev–Trinajstić information content (AvgIpc) is 2.36. The number of benzene rings is 1. The van der Waals surface area contributed by atoms with Crippen molar-refractivity contribution in [1.29, 1.82) is 5.26 Å². The first-order valence-electron chi connectivity index (χ1n) is 6.41. The molecule has 1 aromatic rings. The van der Waals surface area contributed by atoms with E-state index in [1.54, 1.807) is 0 Å². The van der Waals surface area contributed by atoms with Crippen molar-refractivity contribution in [1.82, 2.24) is 4.90 Å². The summed E-state index contributed by atoms with van der Waals surface area (Å²) in [5.74, 6) is -0.0555. The van der Waals surface area contributed by atoms with Crippen LogP contribution in [-0.2, 0) is 4.74 Å². The Morgan fingerprint density at radius 2 is 2.11 bits per heavy atom. The van der Waals surface area contributed by atoms with E-state index in [4.69, 9.17) is 4.74 Å². The van der Waals surface area contributed by atoms with Crippen molar-refractivity contribution in [2.45, 2.75) is 25.4 Å². The van der Waals surface area contributed by atoms with Crippen molar-refractivity contribution < 1.29 is 4.74 Å². The summed E-state index contributed by atoms with van der Waals surface area (Å²) in [6.07, 6.45) is 0. The number of hydrogen-bond donors (Lipinski definition) is 0. The molecule has 0 N–H and O–H groups in total. The second-order valence-corrected chi connectivity index (χ2v) is 5.44. The summed E-state index contributed by atoms with van der Waals surface area (Å²) in [5, 5.41) is 9.33. The second-order valence-electron chi connectivity index (χ2n) is 5.44. The van der Waals surface area contributed by atoms with Crippen molar-refractivity contribution in [3.8, 4) is 6.07 Å². The molecule has 0 aliphatic carbocycles. The highest BCUT2D eigenvalue weighted by Crippen LogP contribution is 2.21. The van der Waals surface area contributed by atoms with Crippen LogP contribution in [0.2, 0.25) is 0 Å². The van der Waals surface area contributed by atoms with Crippen LogP contribution < -0.4 is 0 Å². The standard InChI is InChI=1S/C15H20N2O/c1-15(2)12-17(8-9-18-15)11-14(10-16)13-6-4-3-5-7-13/h3-7,14H,8-9,11-12H2,1-2H3. The zero-order chi connectivity index (χ0) is 13.0. The van der Waals surface area contributed by atoms with Gasteiger partial charge in [0, 0.05) is 19.6 Å². The van der Waals surface area contributed by atoms with Crippen LogP contribution in [-0.4, -0.2) is 36.7 Å². The Morgan fingerprint density at radius 3 is 2.72 bits per heavy atom. The van der Waals surface area contributed by atoms with Gasteiger partial charge >= 0.3 is 0 Å². The fraction of sp³-hybridized carbons (Fsp3) is 0.533. The zero-order valence-electron chi connectivity index (χ0n) is 11.1. The number of nitriles is 1. The third-order valence-electron chi connectivity index (χ3n) is 3.30. The first-order valence-corrected chi connectivity index (χ1v) is 6.41. The predicted octanol–water partition coefficient (Wildman–Crippen LogP) is 2.40. The molecule has 0 spiro atoms. The number of nitrogens with zero attached hydrogens (tertiary/aromatic N) is 2. The number of morpholine rings is 1. The Balaban J connectivity index is 2.01. The molecule has 1 unspecified atom stereocenters. The average molecular weight is 244 g/mol.